The monoisotopic (exact) mass is 280 g/mol. The summed E-state index contributed by atoms with van der Waals surface area (Å²) < 4.78 is 1.74. The number of benzene rings is 2. The fraction of sp³-hybridized carbons (Fsp3) is 0. The number of fused-ring (bicyclic) bond motifs is 3. The largest absolute Gasteiger partial charge is 0.231 e. The average molecular weight is 281 g/mol. The van der Waals surface area contributed by atoms with Gasteiger partial charge in [-0.2, -0.15) is 0 Å². The highest BCUT2D eigenvalue weighted by molar-refractivity contribution is 6.32. The summed E-state index contributed by atoms with van der Waals surface area (Å²) in [5, 5.41) is 4.91. The van der Waals surface area contributed by atoms with Crippen molar-refractivity contribution in [3.05, 3.63) is 59.8 Å². The molecule has 2 aromatic heterocycles. The van der Waals surface area contributed by atoms with Crippen LogP contribution in [0, 0.1) is 0 Å². The van der Waals surface area contributed by atoms with Crippen molar-refractivity contribution in [3.8, 4) is 11.4 Å². The van der Waals surface area contributed by atoms with E-state index in [4.69, 9.17) is 11.6 Å². The van der Waals surface area contributed by atoms with E-state index in [9.17, 15) is 0 Å². The Morgan fingerprint density at radius 2 is 1.60 bits per heavy atom. The van der Waals surface area contributed by atoms with Crippen LogP contribution in [-0.2, 0) is 0 Å². The smallest absolute Gasteiger partial charge is 0.194 e. The molecule has 0 bridgehead atoms. The lowest BCUT2D eigenvalue weighted by Crippen LogP contribution is -1.94. The van der Waals surface area contributed by atoms with Crippen LogP contribution in [0.3, 0.4) is 0 Å². The minimum atomic E-state index is 0.360. The Hall–Kier alpha value is -2.46. The minimum absolute atomic E-state index is 0.360. The van der Waals surface area contributed by atoms with Crippen molar-refractivity contribution in [1.82, 2.24) is 19.6 Å². The molecule has 96 valence electrons. The van der Waals surface area contributed by atoms with E-state index in [0.717, 1.165) is 16.6 Å². The molecule has 0 amide bonds. The summed E-state index contributed by atoms with van der Waals surface area (Å²) in [4.78, 5) is 8.84. The van der Waals surface area contributed by atoms with E-state index in [1.54, 1.807) is 4.52 Å². The Kier molecular flexibility index (Phi) is 2.44. The molecule has 0 spiro atoms. The van der Waals surface area contributed by atoms with Crippen LogP contribution in [0.4, 0.5) is 0 Å². The van der Waals surface area contributed by atoms with Crippen LogP contribution in [0.25, 0.3) is 28.1 Å². The number of hydrogen-bond donors (Lipinski definition) is 0. The first-order chi connectivity index (χ1) is 9.83. The van der Waals surface area contributed by atoms with Crippen LogP contribution >= 0.6 is 11.6 Å². The molecule has 0 saturated heterocycles. The third kappa shape index (κ3) is 1.66. The Labute approximate surface area is 119 Å². The number of halogens is 1. The first kappa shape index (κ1) is 11.4. The second kappa shape index (κ2) is 4.28. The summed E-state index contributed by atoms with van der Waals surface area (Å²) in [6.07, 6.45) is 0. The highest BCUT2D eigenvalue weighted by Crippen LogP contribution is 2.23. The number of nitrogens with zero attached hydrogens (tertiary/aromatic N) is 4. The summed E-state index contributed by atoms with van der Waals surface area (Å²) in [6, 6.07) is 17.5. The van der Waals surface area contributed by atoms with Gasteiger partial charge in [0.25, 0.3) is 0 Å². The van der Waals surface area contributed by atoms with Gasteiger partial charge in [0.15, 0.2) is 16.6 Å². The summed E-state index contributed by atoms with van der Waals surface area (Å²) in [6.45, 7) is 0. The maximum Gasteiger partial charge on any atom is 0.194 e. The fourth-order valence-corrected chi connectivity index (χ4v) is 2.43. The topological polar surface area (TPSA) is 43.1 Å². The van der Waals surface area contributed by atoms with Crippen LogP contribution in [0.15, 0.2) is 54.6 Å². The van der Waals surface area contributed by atoms with Crippen molar-refractivity contribution in [1.29, 1.82) is 0 Å². The Bertz CT molecular complexity index is 915. The standard InChI is InChI=1S/C15H9ClN4/c16-13-15-18-14(10-6-2-1-3-7-10)19-20(15)12-9-5-4-8-11(12)17-13/h1-9H. The molecule has 0 N–H and O–H groups in total. The molecule has 20 heavy (non-hydrogen) atoms. The summed E-state index contributed by atoms with van der Waals surface area (Å²) in [5.41, 5.74) is 3.22. The van der Waals surface area contributed by atoms with E-state index < -0.39 is 0 Å². The molecule has 5 heteroatoms. The highest BCUT2D eigenvalue weighted by atomic mass is 35.5. The number of rotatable bonds is 1. The van der Waals surface area contributed by atoms with Crippen LogP contribution in [0.5, 0.6) is 0 Å². The van der Waals surface area contributed by atoms with Gasteiger partial charge < -0.3 is 0 Å². The van der Waals surface area contributed by atoms with Gasteiger partial charge in [-0.05, 0) is 12.1 Å². The van der Waals surface area contributed by atoms with Gasteiger partial charge in [0.05, 0.1) is 11.0 Å². The third-order valence-corrected chi connectivity index (χ3v) is 3.41. The summed E-state index contributed by atoms with van der Waals surface area (Å²) >= 11 is 6.20. The zero-order valence-electron chi connectivity index (χ0n) is 10.4. The molecule has 4 aromatic rings. The first-order valence-electron chi connectivity index (χ1n) is 6.19. The molecule has 0 fully saturated rings. The van der Waals surface area contributed by atoms with E-state index in [0.29, 0.717) is 16.6 Å². The van der Waals surface area contributed by atoms with E-state index >= 15 is 0 Å². The molecule has 2 aromatic carbocycles. The number of hydrogen-bond acceptors (Lipinski definition) is 3. The quantitative estimate of drug-likeness (QED) is 0.535. The first-order valence-corrected chi connectivity index (χ1v) is 6.57. The van der Waals surface area contributed by atoms with Gasteiger partial charge in [-0.1, -0.05) is 54.1 Å². The second-order valence-electron chi connectivity index (χ2n) is 4.43. The number of para-hydroxylation sites is 2. The van der Waals surface area contributed by atoms with Crippen molar-refractivity contribution >= 4 is 28.3 Å². The third-order valence-electron chi connectivity index (χ3n) is 3.15. The van der Waals surface area contributed by atoms with E-state index in [1.807, 2.05) is 54.6 Å². The van der Waals surface area contributed by atoms with E-state index in [-0.39, 0.29) is 0 Å². The predicted octanol–water partition coefficient (Wildman–Crippen LogP) is 3.60. The molecule has 0 radical (unpaired) electrons. The van der Waals surface area contributed by atoms with Gasteiger partial charge in [-0.3, -0.25) is 0 Å². The molecule has 0 saturated carbocycles. The van der Waals surface area contributed by atoms with Crippen LogP contribution in [0.1, 0.15) is 0 Å². The fourth-order valence-electron chi connectivity index (χ4n) is 2.22. The number of aromatic nitrogens is 4. The van der Waals surface area contributed by atoms with Gasteiger partial charge >= 0.3 is 0 Å². The van der Waals surface area contributed by atoms with Crippen LogP contribution in [0.2, 0.25) is 5.15 Å². The Morgan fingerprint density at radius 1 is 0.850 bits per heavy atom. The lowest BCUT2D eigenvalue weighted by Gasteiger charge is -2.00. The van der Waals surface area contributed by atoms with Gasteiger partial charge in [-0.25, -0.2) is 14.5 Å². The zero-order chi connectivity index (χ0) is 13.5. The summed E-state index contributed by atoms with van der Waals surface area (Å²) in [7, 11) is 0. The molecule has 4 nitrogen and oxygen atoms in total. The minimum Gasteiger partial charge on any atom is -0.231 e. The van der Waals surface area contributed by atoms with Gasteiger partial charge in [0.1, 0.15) is 0 Å². The Morgan fingerprint density at radius 3 is 2.45 bits per heavy atom. The van der Waals surface area contributed by atoms with Crippen molar-refractivity contribution in [3.63, 3.8) is 0 Å². The van der Waals surface area contributed by atoms with Gasteiger partial charge in [-0.15, -0.1) is 5.10 Å². The van der Waals surface area contributed by atoms with Crippen LogP contribution in [-0.4, -0.2) is 19.6 Å². The highest BCUT2D eigenvalue weighted by Gasteiger charge is 2.12. The van der Waals surface area contributed by atoms with Crippen molar-refractivity contribution in [2.45, 2.75) is 0 Å². The normalized spacial score (nSPS) is 11.2. The van der Waals surface area contributed by atoms with E-state index in [2.05, 4.69) is 15.1 Å². The Balaban J connectivity index is 2.08. The van der Waals surface area contributed by atoms with E-state index in [1.165, 1.54) is 0 Å². The maximum atomic E-state index is 6.20. The summed E-state index contributed by atoms with van der Waals surface area (Å²) in [5.74, 6) is 0.644. The average Bonchev–Trinajstić information content (AvgIpc) is 2.94. The molecule has 4 rings (SSSR count). The second-order valence-corrected chi connectivity index (χ2v) is 4.79. The molecule has 0 aliphatic rings. The lowest BCUT2D eigenvalue weighted by molar-refractivity contribution is 1.000. The van der Waals surface area contributed by atoms with Crippen LogP contribution < -0.4 is 0 Å². The van der Waals surface area contributed by atoms with Gasteiger partial charge in [0.2, 0.25) is 0 Å². The van der Waals surface area contributed by atoms with Crippen molar-refractivity contribution < 1.29 is 0 Å². The van der Waals surface area contributed by atoms with Crippen molar-refractivity contribution in [2.75, 3.05) is 0 Å². The molecule has 0 atom stereocenters. The van der Waals surface area contributed by atoms with Crippen molar-refractivity contribution in [2.24, 2.45) is 0 Å². The lowest BCUT2D eigenvalue weighted by atomic mass is 10.2. The molecular weight excluding hydrogens is 272 g/mol. The molecule has 0 unspecified atom stereocenters. The molecular formula is C15H9ClN4. The predicted molar refractivity (Wildman–Crippen MR) is 78.7 cm³/mol. The molecule has 0 aliphatic heterocycles. The molecule has 0 aliphatic carbocycles. The maximum absolute atomic E-state index is 6.20. The molecule has 2 heterocycles. The van der Waals surface area contributed by atoms with Gasteiger partial charge in [0, 0.05) is 5.56 Å². The zero-order valence-corrected chi connectivity index (χ0v) is 11.1. The SMILES string of the molecule is Clc1nc2ccccc2n2nc(-c3ccccc3)nc12.